The lowest BCUT2D eigenvalue weighted by Crippen LogP contribution is -1.98. The molecule has 0 bridgehead atoms. The first-order valence-corrected chi connectivity index (χ1v) is 5.34. The van der Waals surface area contributed by atoms with Gasteiger partial charge in [0.1, 0.15) is 11.8 Å². The highest BCUT2D eigenvalue weighted by molar-refractivity contribution is 6.07. The highest BCUT2D eigenvalue weighted by Gasteiger charge is 2.26. The molecule has 76 valence electrons. The summed E-state index contributed by atoms with van der Waals surface area (Å²) in [7, 11) is 0. The van der Waals surface area contributed by atoms with E-state index in [2.05, 4.69) is 0 Å². The molecule has 1 aromatic heterocycles. The first kappa shape index (κ1) is 8.72. The predicted octanol–water partition coefficient (Wildman–Crippen LogP) is 3.42. The van der Waals surface area contributed by atoms with Gasteiger partial charge in [-0.3, -0.25) is 4.79 Å². The Labute approximate surface area is 87.9 Å². The van der Waals surface area contributed by atoms with Crippen LogP contribution in [0, 0.1) is 5.92 Å². The molecule has 0 spiro atoms. The zero-order chi connectivity index (χ0) is 10.3. The van der Waals surface area contributed by atoms with Crippen LogP contribution in [0.3, 0.4) is 0 Å². The van der Waals surface area contributed by atoms with Gasteiger partial charge in [-0.15, -0.1) is 0 Å². The molecule has 2 nitrogen and oxygen atoms in total. The summed E-state index contributed by atoms with van der Waals surface area (Å²) in [6, 6.07) is 7.69. The standard InChI is InChI=1S/C13H12O2/c14-12(7-9-5-6-9)11-8-15-13-4-2-1-3-10(11)13/h1-4,8-9H,5-7H2. The van der Waals surface area contributed by atoms with Gasteiger partial charge in [0.25, 0.3) is 0 Å². The van der Waals surface area contributed by atoms with E-state index in [-0.39, 0.29) is 5.78 Å². The first-order valence-electron chi connectivity index (χ1n) is 5.34. The van der Waals surface area contributed by atoms with E-state index in [4.69, 9.17) is 4.42 Å². The van der Waals surface area contributed by atoms with E-state index < -0.39 is 0 Å². The van der Waals surface area contributed by atoms with Crippen LogP contribution in [-0.4, -0.2) is 5.78 Å². The third kappa shape index (κ3) is 1.56. The van der Waals surface area contributed by atoms with Gasteiger partial charge in [-0.05, 0) is 24.8 Å². The number of fused-ring (bicyclic) bond motifs is 1. The minimum Gasteiger partial charge on any atom is -0.464 e. The molecule has 1 aliphatic rings. The average Bonchev–Trinajstić information content (AvgIpc) is 2.96. The molecular formula is C13H12O2. The van der Waals surface area contributed by atoms with Gasteiger partial charge < -0.3 is 4.42 Å². The summed E-state index contributed by atoms with van der Waals surface area (Å²) in [4.78, 5) is 11.9. The second kappa shape index (κ2) is 3.23. The second-order valence-corrected chi connectivity index (χ2v) is 4.22. The molecule has 3 rings (SSSR count). The zero-order valence-electron chi connectivity index (χ0n) is 8.40. The van der Waals surface area contributed by atoms with Crippen LogP contribution >= 0.6 is 0 Å². The number of rotatable bonds is 3. The van der Waals surface area contributed by atoms with Gasteiger partial charge in [0, 0.05) is 11.8 Å². The summed E-state index contributed by atoms with van der Waals surface area (Å²) >= 11 is 0. The van der Waals surface area contributed by atoms with Crippen LogP contribution in [0.2, 0.25) is 0 Å². The van der Waals surface area contributed by atoms with Crippen LogP contribution in [0.15, 0.2) is 34.9 Å². The van der Waals surface area contributed by atoms with Crippen LogP contribution in [0.4, 0.5) is 0 Å². The van der Waals surface area contributed by atoms with E-state index >= 15 is 0 Å². The number of Topliss-reactive ketones (excluding diaryl/α,β-unsaturated/α-hetero) is 1. The normalized spacial score (nSPS) is 15.7. The van der Waals surface area contributed by atoms with Gasteiger partial charge in [0.05, 0.1) is 5.56 Å². The summed E-state index contributed by atoms with van der Waals surface area (Å²) in [6.45, 7) is 0. The number of para-hydroxylation sites is 1. The highest BCUT2D eigenvalue weighted by Crippen LogP contribution is 2.34. The topological polar surface area (TPSA) is 30.2 Å². The fourth-order valence-corrected chi connectivity index (χ4v) is 1.89. The Morgan fingerprint density at radius 2 is 2.13 bits per heavy atom. The van der Waals surface area contributed by atoms with Gasteiger partial charge in [-0.25, -0.2) is 0 Å². The van der Waals surface area contributed by atoms with Crippen LogP contribution < -0.4 is 0 Å². The van der Waals surface area contributed by atoms with E-state index in [0.29, 0.717) is 12.3 Å². The fraction of sp³-hybridized carbons (Fsp3) is 0.308. The third-order valence-electron chi connectivity index (χ3n) is 2.95. The van der Waals surface area contributed by atoms with Crippen molar-refractivity contribution in [1.29, 1.82) is 0 Å². The molecule has 0 unspecified atom stereocenters. The van der Waals surface area contributed by atoms with Crippen molar-refractivity contribution < 1.29 is 9.21 Å². The molecule has 1 aliphatic carbocycles. The van der Waals surface area contributed by atoms with Crippen LogP contribution in [0.1, 0.15) is 29.6 Å². The smallest absolute Gasteiger partial charge is 0.167 e. The maximum Gasteiger partial charge on any atom is 0.167 e. The lowest BCUT2D eigenvalue weighted by molar-refractivity contribution is 0.0977. The van der Waals surface area contributed by atoms with Gasteiger partial charge in [0.15, 0.2) is 5.78 Å². The maximum absolute atomic E-state index is 11.9. The number of furan rings is 1. The number of ketones is 1. The Morgan fingerprint density at radius 3 is 2.93 bits per heavy atom. The molecule has 0 aliphatic heterocycles. The quantitative estimate of drug-likeness (QED) is 0.710. The molecule has 1 heterocycles. The van der Waals surface area contributed by atoms with Crippen molar-refractivity contribution in [2.45, 2.75) is 19.3 Å². The molecular weight excluding hydrogens is 188 g/mol. The van der Waals surface area contributed by atoms with E-state index in [1.165, 1.54) is 12.8 Å². The van der Waals surface area contributed by atoms with Crippen molar-refractivity contribution in [2.24, 2.45) is 5.92 Å². The van der Waals surface area contributed by atoms with Crippen molar-refractivity contribution in [3.8, 4) is 0 Å². The van der Waals surface area contributed by atoms with E-state index in [0.717, 1.165) is 16.5 Å². The van der Waals surface area contributed by atoms with Gasteiger partial charge >= 0.3 is 0 Å². The molecule has 15 heavy (non-hydrogen) atoms. The number of hydrogen-bond donors (Lipinski definition) is 0. The molecule has 2 heteroatoms. The van der Waals surface area contributed by atoms with Gasteiger partial charge in [0.2, 0.25) is 0 Å². The molecule has 2 aromatic rings. The summed E-state index contributed by atoms with van der Waals surface area (Å²) in [5.74, 6) is 0.855. The molecule has 1 aromatic carbocycles. The summed E-state index contributed by atoms with van der Waals surface area (Å²) in [5, 5.41) is 0.947. The van der Waals surface area contributed by atoms with Crippen molar-refractivity contribution in [1.82, 2.24) is 0 Å². The molecule has 1 saturated carbocycles. The third-order valence-corrected chi connectivity index (χ3v) is 2.95. The molecule has 1 fully saturated rings. The monoisotopic (exact) mass is 200 g/mol. The van der Waals surface area contributed by atoms with Crippen molar-refractivity contribution in [2.75, 3.05) is 0 Å². The number of carbonyl (C=O) groups excluding carboxylic acids is 1. The minimum absolute atomic E-state index is 0.224. The minimum atomic E-state index is 0.224. The van der Waals surface area contributed by atoms with Crippen LogP contribution in [0.5, 0.6) is 0 Å². The molecule has 0 N–H and O–H groups in total. The Hall–Kier alpha value is -1.57. The van der Waals surface area contributed by atoms with E-state index in [1.807, 2.05) is 24.3 Å². The Kier molecular flexibility index (Phi) is 1.88. The van der Waals surface area contributed by atoms with Gasteiger partial charge in [-0.1, -0.05) is 18.2 Å². The Morgan fingerprint density at radius 1 is 1.33 bits per heavy atom. The summed E-state index contributed by atoms with van der Waals surface area (Å²) in [6.07, 6.45) is 4.70. The first-order chi connectivity index (χ1) is 7.34. The number of benzene rings is 1. The molecule has 0 atom stereocenters. The fourth-order valence-electron chi connectivity index (χ4n) is 1.89. The van der Waals surface area contributed by atoms with Crippen LogP contribution in [0.25, 0.3) is 11.0 Å². The number of carbonyl (C=O) groups is 1. The maximum atomic E-state index is 11.9. The Balaban J connectivity index is 1.98. The molecule has 0 saturated heterocycles. The van der Waals surface area contributed by atoms with Crippen molar-refractivity contribution >= 4 is 16.8 Å². The van der Waals surface area contributed by atoms with Crippen molar-refractivity contribution in [3.05, 3.63) is 36.1 Å². The average molecular weight is 200 g/mol. The van der Waals surface area contributed by atoms with E-state index in [1.54, 1.807) is 6.26 Å². The van der Waals surface area contributed by atoms with E-state index in [9.17, 15) is 4.79 Å². The van der Waals surface area contributed by atoms with Crippen LogP contribution in [-0.2, 0) is 0 Å². The Bertz CT molecular complexity index is 506. The van der Waals surface area contributed by atoms with Gasteiger partial charge in [-0.2, -0.15) is 0 Å². The summed E-state index contributed by atoms with van der Waals surface area (Å²) < 4.78 is 5.35. The lowest BCUT2D eigenvalue weighted by atomic mass is 10.1. The lowest BCUT2D eigenvalue weighted by Gasteiger charge is -1.95. The predicted molar refractivity (Wildman–Crippen MR) is 57.9 cm³/mol. The van der Waals surface area contributed by atoms with Crippen molar-refractivity contribution in [3.63, 3.8) is 0 Å². The second-order valence-electron chi connectivity index (χ2n) is 4.22. The largest absolute Gasteiger partial charge is 0.464 e. The zero-order valence-corrected chi connectivity index (χ0v) is 8.40. The molecule has 0 amide bonds. The summed E-state index contributed by atoms with van der Waals surface area (Å²) in [5.41, 5.74) is 1.55. The highest BCUT2D eigenvalue weighted by atomic mass is 16.3. The molecule has 0 radical (unpaired) electrons. The SMILES string of the molecule is O=C(CC1CC1)c1coc2ccccc12. The number of hydrogen-bond acceptors (Lipinski definition) is 2.